The van der Waals surface area contributed by atoms with Crippen LogP contribution in [-0.2, 0) is 12.4 Å². The van der Waals surface area contributed by atoms with Crippen molar-refractivity contribution in [1.82, 2.24) is 0 Å². The predicted octanol–water partition coefficient (Wildman–Crippen LogP) is 4.72. The summed E-state index contributed by atoms with van der Waals surface area (Å²) in [5.41, 5.74) is 3.22. The number of nitrogens with zero attached hydrogens (tertiary/aromatic N) is 1. The van der Waals surface area contributed by atoms with Crippen LogP contribution in [0.2, 0.25) is 5.02 Å². The molecule has 106 valence electrons. The lowest BCUT2D eigenvalue weighted by molar-refractivity contribution is 0.414. The molecule has 0 heterocycles. The number of benzene rings is 2. The van der Waals surface area contributed by atoms with E-state index in [4.69, 9.17) is 27.9 Å². The van der Waals surface area contributed by atoms with Crippen molar-refractivity contribution in [3.63, 3.8) is 0 Å². The summed E-state index contributed by atoms with van der Waals surface area (Å²) in [5.74, 6) is 1.34. The molecule has 0 spiro atoms. The maximum Gasteiger partial charge on any atom is 0.118 e. The zero-order valence-electron chi connectivity index (χ0n) is 11.6. The Labute approximate surface area is 129 Å². The van der Waals surface area contributed by atoms with Gasteiger partial charge in [-0.05, 0) is 35.4 Å². The summed E-state index contributed by atoms with van der Waals surface area (Å²) in [6.45, 7) is 0.782. The van der Waals surface area contributed by atoms with Crippen LogP contribution in [0.1, 0.15) is 11.1 Å². The first-order chi connectivity index (χ1) is 9.63. The summed E-state index contributed by atoms with van der Waals surface area (Å²) in [7, 11) is 3.69. The molecule has 0 saturated heterocycles. The summed E-state index contributed by atoms with van der Waals surface area (Å²) < 4.78 is 5.16. The lowest BCUT2D eigenvalue weighted by Gasteiger charge is -2.21. The Bertz CT molecular complexity index is 569. The van der Waals surface area contributed by atoms with E-state index in [1.54, 1.807) is 7.11 Å². The Morgan fingerprint density at radius 1 is 1.05 bits per heavy atom. The zero-order valence-corrected chi connectivity index (χ0v) is 13.1. The van der Waals surface area contributed by atoms with Crippen molar-refractivity contribution < 1.29 is 4.74 Å². The molecule has 20 heavy (non-hydrogen) atoms. The second-order valence-corrected chi connectivity index (χ2v) is 5.30. The van der Waals surface area contributed by atoms with Crippen molar-refractivity contribution in [2.75, 3.05) is 19.1 Å². The third-order valence-electron chi connectivity index (χ3n) is 3.16. The van der Waals surface area contributed by atoms with Gasteiger partial charge >= 0.3 is 0 Å². The number of halogens is 2. The molecule has 0 radical (unpaired) electrons. The molecule has 0 fully saturated rings. The van der Waals surface area contributed by atoms with Gasteiger partial charge < -0.3 is 9.64 Å². The Morgan fingerprint density at radius 2 is 1.70 bits per heavy atom. The van der Waals surface area contributed by atoms with Gasteiger partial charge in [0.15, 0.2) is 0 Å². The number of anilines is 1. The smallest absolute Gasteiger partial charge is 0.118 e. The van der Waals surface area contributed by atoms with Crippen LogP contribution >= 0.6 is 23.2 Å². The van der Waals surface area contributed by atoms with Crippen LogP contribution in [0.5, 0.6) is 5.75 Å². The van der Waals surface area contributed by atoms with Crippen molar-refractivity contribution in [1.29, 1.82) is 0 Å². The molecule has 0 unspecified atom stereocenters. The lowest BCUT2D eigenvalue weighted by atomic mass is 10.1. The van der Waals surface area contributed by atoms with E-state index in [-0.39, 0.29) is 0 Å². The third kappa shape index (κ3) is 3.59. The minimum Gasteiger partial charge on any atom is -0.497 e. The number of ether oxygens (including phenoxy) is 1. The summed E-state index contributed by atoms with van der Waals surface area (Å²) >= 11 is 12.1. The van der Waals surface area contributed by atoms with Crippen LogP contribution in [0, 0.1) is 0 Å². The van der Waals surface area contributed by atoms with E-state index in [0.717, 1.165) is 28.6 Å². The fourth-order valence-corrected chi connectivity index (χ4v) is 2.55. The van der Waals surface area contributed by atoms with Gasteiger partial charge in [0.1, 0.15) is 5.75 Å². The van der Waals surface area contributed by atoms with Gasteiger partial charge in [0.2, 0.25) is 0 Å². The van der Waals surface area contributed by atoms with Crippen LogP contribution in [0.15, 0.2) is 42.5 Å². The van der Waals surface area contributed by atoms with Gasteiger partial charge in [-0.25, -0.2) is 0 Å². The summed E-state index contributed by atoms with van der Waals surface area (Å²) in [5, 5.41) is 0.721. The quantitative estimate of drug-likeness (QED) is 0.741. The van der Waals surface area contributed by atoms with Crippen molar-refractivity contribution in [2.45, 2.75) is 12.4 Å². The SMILES string of the molecule is COc1ccc(CN(C)c2ccc(CCl)cc2Cl)cc1. The molecule has 0 aliphatic carbocycles. The summed E-state index contributed by atoms with van der Waals surface area (Å²) in [4.78, 5) is 2.11. The van der Waals surface area contributed by atoms with Crippen molar-refractivity contribution in [3.8, 4) is 5.75 Å². The molecule has 0 aliphatic heterocycles. The van der Waals surface area contributed by atoms with E-state index in [1.165, 1.54) is 5.56 Å². The number of methoxy groups -OCH3 is 1. The number of alkyl halides is 1. The van der Waals surface area contributed by atoms with E-state index in [1.807, 2.05) is 37.4 Å². The molecule has 0 aliphatic rings. The van der Waals surface area contributed by atoms with Gasteiger partial charge in [0, 0.05) is 19.5 Å². The van der Waals surface area contributed by atoms with E-state index in [0.29, 0.717) is 5.88 Å². The molecule has 0 bridgehead atoms. The van der Waals surface area contributed by atoms with Gasteiger partial charge in [0.05, 0.1) is 17.8 Å². The normalized spacial score (nSPS) is 10.4. The van der Waals surface area contributed by atoms with Crippen LogP contribution in [-0.4, -0.2) is 14.2 Å². The highest BCUT2D eigenvalue weighted by Crippen LogP contribution is 2.28. The van der Waals surface area contributed by atoms with Crippen LogP contribution < -0.4 is 9.64 Å². The number of hydrogen-bond donors (Lipinski definition) is 0. The van der Waals surface area contributed by atoms with Gasteiger partial charge in [-0.2, -0.15) is 0 Å². The maximum atomic E-state index is 6.30. The van der Waals surface area contributed by atoms with E-state index >= 15 is 0 Å². The average Bonchev–Trinajstić information content (AvgIpc) is 2.47. The molecule has 4 heteroatoms. The third-order valence-corrected chi connectivity index (χ3v) is 3.77. The highest BCUT2D eigenvalue weighted by Gasteiger charge is 2.07. The minimum absolute atomic E-state index is 0.474. The first-order valence-corrected chi connectivity index (χ1v) is 7.23. The van der Waals surface area contributed by atoms with E-state index in [2.05, 4.69) is 17.0 Å². The Balaban J connectivity index is 2.12. The highest BCUT2D eigenvalue weighted by molar-refractivity contribution is 6.33. The van der Waals surface area contributed by atoms with Crippen molar-refractivity contribution in [2.24, 2.45) is 0 Å². The molecule has 0 amide bonds. The van der Waals surface area contributed by atoms with Crippen molar-refractivity contribution in [3.05, 3.63) is 58.6 Å². The monoisotopic (exact) mass is 309 g/mol. The minimum atomic E-state index is 0.474. The lowest BCUT2D eigenvalue weighted by Crippen LogP contribution is -2.16. The molecule has 0 atom stereocenters. The first-order valence-electron chi connectivity index (χ1n) is 6.32. The molecular formula is C16H17Cl2NO. The summed E-state index contributed by atoms with van der Waals surface area (Å²) in [6, 6.07) is 13.9. The molecule has 2 rings (SSSR count). The molecule has 0 saturated carbocycles. The second kappa shape index (κ2) is 6.87. The maximum absolute atomic E-state index is 6.30. The van der Waals surface area contributed by atoms with Gasteiger partial charge in [0.25, 0.3) is 0 Å². The Morgan fingerprint density at radius 3 is 2.25 bits per heavy atom. The Kier molecular flexibility index (Phi) is 5.16. The second-order valence-electron chi connectivity index (χ2n) is 4.62. The van der Waals surface area contributed by atoms with Crippen molar-refractivity contribution >= 4 is 28.9 Å². The molecule has 2 nitrogen and oxygen atoms in total. The molecular weight excluding hydrogens is 293 g/mol. The molecule has 2 aromatic rings. The zero-order chi connectivity index (χ0) is 14.5. The average molecular weight is 310 g/mol. The largest absolute Gasteiger partial charge is 0.497 e. The molecule has 0 N–H and O–H groups in total. The molecule has 0 aromatic heterocycles. The number of hydrogen-bond acceptors (Lipinski definition) is 2. The van der Waals surface area contributed by atoms with Gasteiger partial charge in [-0.15, -0.1) is 11.6 Å². The molecule has 2 aromatic carbocycles. The standard InChI is InChI=1S/C16H17Cl2NO/c1-19(11-12-3-6-14(20-2)7-4-12)16-8-5-13(10-17)9-15(16)18/h3-9H,10-11H2,1-2H3. The predicted molar refractivity (Wildman–Crippen MR) is 86.1 cm³/mol. The van der Waals surface area contributed by atoms with Crippen LogP contribution in [0.25, 0.3) is 0 Å². The summed E-state index contributed by atoms with van der Waals surface area (Å²) in [6.07, 6.45) is 0. The fraction of sp³-hybridized carbons (Fsp3) is 0.250. The van der Waals surface area contributed by atoms with Crippen LogP contribution in [0.4, 0.5) is 5.69 Å². The van der Waals surface area contributed by atoms with E-state index in [9.17, 15) is 0 Å². The van der Waals surface area contributed by atoms with E-state index < -0.39 is 0 Å². The number of rotatable bonds is 5. The topological polar surface area (TPSA) is 12.5 Å². The van der Waals surface area contributed by atoms with Crippen LogP contribution in [0.3, 0.4) is 0 Å². The fourth-order valence-electron chi connectivity index (χ4n) is 2.03. The Hall–Kier alpha value is -1.38. The highest BCUT2D eigenvalue weighted by atomic mass is 35.5. The first kappa shape index (κ1) is 15.0. The van der Waals surface area contributed by atoms with Gasteiger partial charge in [-0.1, -0.05) is 29.8 Å². The van der Waals surface area contributed by atoms with Gasteiger partial charge in [-0.3, -0.25) is 0 Å².